The summed E-state index contributed by atoms with van der Waals surface area (Å²) in [4.78, 5) is 8.13. The van der Waals surface area contributed by atoms with E-state index in [1.165, 1.54) is 12.1 Å². The lowest BCUT2D eigenvalue weighted by atomic mass is 9.93. The Kier molecular flexibility index (Phi) is 4.39. The van der Waals surface area contributed by atoms with E-state index in [-0.39, 0.29) is 11.9 Å². The zero-order valence-corrected chi connectivity index (χ0v) is 14.1. The fourth-order valence-corrected chi connectivity index (χ4v) is 2.92. The van der Waals surface area contributed by atoms with Crippen molar-refractivity contribution in [2.75, 3.05) is 0 Å². The van der Waals surface area contributed by atoms with Crippen LogP contribution >= 0.6 is 11.6 Å². The van der Waals surface area contributed by atoms with E-state index >= 15 is 0 Å². The second-order valence-electron chi connectivity index (χ2n) is 5.85. The van der Waals surface area contributed by atoms with Gasteiger partial charge < -0.3 is 9.67 Å². The molecule has 1 unspecified atom stereocenters. The molecule has 0 amide bonds. The summed E-state index contributed by atoms with van der Waals surface area (Å²) < 4.78 is 15.0. The molecule has 2 aromatic heterocycles. The van der Waals surface area contributed by atoms with Crippen LogP contribution < -0.4 is 0 Å². The highest BCUT2D eigenvalue weighted by atomic mass is 35.5. The first kappa shape index (κ1) is 16.6. The Hall–Kier alpha value is -2.24. The highest BCUT2D eigenvalue weighted by Crippen LogP contribution is 2.32. The maximum atomic E-state index is 13.1. The molecule has 3 rings (SSSR count). The van der Waals surface area contributed by atoms with Crippen molar-refractivity contribution in [3.8, 4) is 0 Å². The Morgan fingerprint density at radius 2 is 1.96 bits per heavy atom. The smallest absolute Gasteiger partial charge is 0.129 e. The van der Waals surface area contributed by atoms with E-state index in [4.69, 9.17) is 11.6 Å². The third-order valence-electron chi connectivity index (χ3n) is 4.22. The number of pyridine rings is 1. The average Bonchev–Trinajstić information content (AvgIpc) is 3.05. The lowest BCUT2D eigenvalue weighted by Gasteiger charge is -2.28. The van der Waals surface area contributed by atoms with Gasteiger partial charge >= 0.3 is 0 Å². The first-order chi connectivity index (χ1) is 11.4. The van der Waals surface area contributed by atoms with Gasteiger partial charge in [0.25, 0.3) is 0 Å². The van der Waals surface area contributed by atoms with E-state index < -0.39 is 5.60 Å². The first-order valence-electron chi connectivity index (χ1n) is 7.52. The monoisotopic (exact) mass is 345 g/mol. The molecule has 0 radical (unpaired) electrons. The molecule has 1 aromatic carbocycles. The number of nitrogens with zero attached hydrogens (tertiary/aromatic N) is 3. The van der Waals surface area contributed by atoms with Gasteiger partial charge in [-0.3, -0.25) is 0 Å². The van der Waals surface area contributed by atoms with Crippen LogP contribution in [0.15, 0.2) is 55.1 Å². The van der Waals surface area contributed by atoms with E-state index in [2.05, 4.69) is 9.97 Å². The van der Waals surface area contributed by atoms with Gasteiger partial charge in [0.05, 0.1) is 24.3 Å². The Labute approximate surface area is 144 Å². The van der Waals surface area contributed by atoms with Crippen LogP contribution in [0.1, 0.15) is 36.7 Å². The summed E-state index contributed by atoms with van der Waals surface area (Å²) in [7, 11) is 0. The molecule has 0 aliphatic rings. The molecular weight excluding hydrogens is 329 g/mol. The van der Waals surface area contributed by atoms with Gasteiger partial charge in [-0.05, 0) is 49.2 Å². The van der Waals surface area contributed by atoms with Crippen molar-refractivity contribution in [1.29, 1.82) is 0 Å². The zero-order chi connectivity index (χ0) is 17.3. The maximum absolute atomic E-state index is 13.1. The van der Waals surface area contributed by atoms with Crippen molar-refractivity contribution in [3.05, 3.63) is 82.9 Å². The van der Waals surface area contributed by atoms with Gasteiger partial charge in [0, 0.05) is 6.20 Å². The molecule has 0 aliphatic carbocycles. The molecule has 1 N–H and O–H groups in total. The predicted octanol–water partition coefficient (Wildman–Crippen LogP) is 3.94. The average molecular weight is 346 g/mol. The molecular formula is C18H17ClFN3O. The Balaban J connectivity index is 2.02. The Morgan fingerprint density at radius 3 is 2.62 bits per heavy atom. The number of benzene rings is 1. The van der Waals surface area contributed by atoms with E-state index in [9.17, 15) is 9.50 Å². The van der Waals surface area contributed by atoms with Gasteiger partial charge in [-0.25, -0.2) is 14.4 Å². The van der Waals surface area contributed by atoms with Crippen molar-refractivity contribution in [3.63, 3.8) is 0 Å². The van der Waals surface area contributed by atoms with Crippen LogP contribution in [0.4, 0.5) is 4.39 Å². The number of imidazole rings is 1. The maximum Gasteiger partial charge on any atom is 0.129 e. The molecule has 3 aromatic rings. The number of aromatic nitrogens is 3. The quantitative estimate of drug-likeness (QED) is 0.729. The summed E-state index contributed by atoms with van der Waals surface area (Å²) in [6.07, 6.45) is 4.82. The molecule has 2 atom stereocenters. The third-order valence-corrected chi connectivity index (χ3v) is 4.43. The summed E-state index contributed by atoms with van der Waals surface area (Å²) in [6.45, 7) is 3.65. The summed E-state index contributed by atoms with van der Waals surface area (Å²) >= 11 is 5.95. The lowest BCUT2D eigenvalue weighted by molar-refractivity contribution is 0.0921. The fourth-order valence-electron chi connectivity index (χ4n) is 2.75. The molecule has 4 nitrogen and oxygen atoms in total. The minimum absolute atomic E-state index is 0.119. The van der Waals surface area contributed by atoms with Gasteiger partial charge in [0.1, 0.15) is 16.6 Å². The molecule has 6 heteroatoms. The first-order valence-corrected chi connectivity index (χ1v) is 7.89. The SMILES string of the molecule is C[C@H](c1ccc(F)cc1)n1cncc1C(C)(O)c1ccnc(Cl)c1. The van der Waals surface area contributed by atoms with E-state index in [0.29, 0.717) is 16.4 Å². The molecule has 0 aliphatic heterocycles. The van der Waals surface area contributed by atoms with Crippen molar-refractivity contribution in [2.45, 2.75) is 25.5 Å². The number of aliphatic hydroxyl groups is 1. The highest BCUT2D eigenvalue weighted by Gasteiger charge is 2.31. The lowest BCUT2D eigenvalue weighted by Crippen LogP contribution is -2.27. The van der Waals surface area contributed by atoms with Crippen LogP contribution in [0.2, 0.25) is 5.15 Å². The standard InChI is InChI=1S/C18H17ClFN3O/c1-12(13-3-5-15(20)6-4-13)23-11-21-10-16(23)18(2,24)14-7-8-22-17(19)9-14/h3-12,24H,1-2H3/t12-,18?/m1/s1. The molecule has 0 spiro atoms. The van der Waals surface area contributed by atoms with Crippen LogP contribution in [-0.4, -0.2) is 19.6 Å². The van der Waals surface area contributed by atoms with Gasteiger partial charge in [0.15, 0.2) is 0 Å². The van der Waals surface area contributed by atoms with Gasteiger partial charge in [-0.15, -0.1) is 0 Å². The minimum Gasteiger partial charge on any atom is -0.379 e. The van der Waals surface area contributed by atoms with Crippen LogP contribution in [0.5, 0.6) is 0 Å². The highest BCUT2D eigenvalue weighted by molar-refractivity contribution is 6.29. The van der Waals surface area contributed by atoms with Crippen molar-refractivity contribution < 1.29 is 9.50 Å². The molecule has 2 heterocycles. The van der Waals surface area contributed by atoms with Crippen LogP contribution in [0.3, 0.4) is 0 Å². The summed E-state index contributed by atoms with van der Waals surface area (Å²) in [6, 6.07) is 9.51. The van der Waals surface area contributed by atoms with Crippen molar-refractivity contribution in [2.24, 2.45) is 0 Å². The van der Waals surface area contributed by atoms with Crippen LogP contribution in [0, 0.1) is 5.82 Å². The fraction of sp³-hybridized carbons (Fsp3) is 0.222. The van der Waals surface area contributed by atoms with Crippen molar-refractivity contribution in [1.82, 2.24) is 14.5 Å². The summed E-state index contributed by atoms with van der Waals surface area (Å²) in [5, 5.41) is 11.4. The van der Waals surface area contributed by atoms with E-state index in [1.807, 2.05) is 11.5 Å². The van der Waals surface area contributed by atoms with E-state index in [1.54, 1.807) is 49.9 Å². The third kappa shape index (κ3) is 3.05. The second kappa shape index (κ2) is 6.34. The number of rotatable bonds is 4. The van der Waals surface area contributed by atoms with Crippen LogP contribution in [0.25, 0.3) is 0 Å². The van der Waals surface area contributed by atoms with Gasteiger partial charge in [0.2, 0.25) is 0 Å². The molecule has 124 valence electrons. The summed E-state index contributed by atoms with van der Waals surface area (Å²) in [5.41, 5.74) is 0.855. The van der Waals surface area contributed by atoms with E-state index in [0.717, 1.165) is 5.56 Å². The zero-order valence-electron chi connectivity index (χ0n) is 13.3. The normalized spacial score (nSPS) is 15.0. The Bertz CT molecular complexity index is 845. The predicted molar refractivity (Wildman–Crippen MR) is 90.4 cm³/mol. The molecule has 0 bridgehead atoms. The summed E-state index contributed by atoms with van der Waals surface area (Å²) in [5.74, 6) is -0.282. The molecule has 0 saturated heterocycles. The number of halogens is 2. The second-order valence-corrected chi connectivity index (χ2v) is 6.24. The van der Waals surface area contributed by atoms with Gasteiger partial charge in [-0.1, -0.05) is 23.7 Å². The molecule has 24 heavy (non-hydrogen) atoms. The van der Waals surface area contributed by atoms with Crippen molar-refractivity contribution >= 4 is 11.6 Å². The number of hydrogen-bond donors (Lipinski definition) is 1. The van der Waals surface area contributed by atoms with Crippen LogP contribution in [-0.2, 0) is 5.60 Å². The molecule has 0 saturated carbocycles. The number of hydrogen-bond acceptors (Lipinski definition) is 3. The Morgan fingerprint density at radius 1 is 1.25 bits per heavy atom. The molecule has 0 fully saturated rings. The minimum atomic E-state index is -1.29. The topological polar surface area (TPSA) is 50.9 Å². The largest absolute Gasteiger partial charge is 0.379 e. The van der Waals surface area contributed by atoms with Gasteiger partial charge in [-0.2, -0.15) is 0 Å².